The van der Waals surface area contributed by atoms with Crippen molar-refractivity contribution in [2.45, 2.75) is 24.7 Å². The van der Waals surface area contributed by atoms with Gasteiger partial charge in [-0.1, -0.05) is 41.7 Å². The van der Waals surface area contributed by atoms with Crippen LogP contribution in [0.5, 0.6) is 0 Å². The first-order valence-electron chi connectivity index (χ1n) is 6.58. The van der Waals surface area contributed by atoms with Gasteiger partial charge in [0.25, 0.3) is 0 Å². The summed E-state index contributed by atoms with van der Waals surface area (Å²) in [5, 5.41) is 3.61. The predicted octanol–water partition coefficient (Wildman–Crippen LogP) is 3.31. The van der Waals surface area contributed by atoms with E-state index < -0.39 is 10.0 Å². The second kappa shape index (κ2) is 6.60. The number of nitrogens with one attached hydrogen (secondary N) is 2. The van der Waals surface area contributed by atoms with Crippen LogP contribution < -0.4 is 10.0 Å². The molecule has 1 aromatic carbocycles. The molecule has 0 saturated carbocycles. The van der Waals surface area contributed by atoms with Crippen molar-refractivity contribution in [3.05, 3.63) is 27.2 Å². The van der Waals surface area contributed by atoms with E-state index in [0.29, 0.717) is 11.6 Å². The summed E-state index contributed by atoms with van der Waals surface area (Å²) >= 11 is 17.8. The summed E-state index contributed by atoms with van der Waals surface area (Å²) in [5.74, 6) is 0. The van der Waals surface area contributed by atoms with E-state index in [1.165, 1.54) is 12.1 Å². The van der Waals surface area contributed by atoms with Crippen molar-refractivity contribution < 1.29 is 8.42 Å². The third-order valence-electron chi connectivity index (χ3n) is 3.73. The molecule has 0 aromatic heterocycles. The zero-order valence-corrected chi connectivity index (χ0v) is 14.6. The Morgan fingerprint density at radius 2 is 1.71 bits per heavy atom. The molecule has 2 N–H and O–H groups in total. The molecule has 0 spiro atoms. The topological polar surface area (TPSA) is 58.2 Å². The van der Waals surface area contributed by atoms with Gasteiger partial charge in [0, 0.05) is 11.6 Å². The van der Waals surface area contributed by atoms with Crippen LogP contribution in [0.1, 0.15) is 19.8 Å². The average Bonchev–Trinajstić information content (AvgIpc) is 2.36. The molecule has 1 fully saturated rings. The van der Waals surface area contributed by atoms with Crippen LogP contribution >= 0.6 is 34.8 Å². The van der Waals surface area contributed by atoms with Crippen molar-refractivity contribution in [2.75, 3.05) is 19.6 Å². The Morgan fingerprint density at radius 3 is 2.24 bits per heavy atom. The molecule has 1 saturated heterocycles. The summed E-state index contributed by atoms with van der Waals surface area (Å²) < 4.78 is 27.5. The lowest BCUT2D eigenvalue weighted by molar-refractivity contribution is 0.232. The first-order valence-corrected chi connectivity index (χ1v) is 9.20. The Balaban J connectivity index is 2.19. The quantitative estimate of drug-likeness (QED) is 0.853. The molecule has 0 radical (unpaired) electrons. The fourth-order valence-corrected chi connectivity index (χ4v) is 5.07. The maximum atomic E-state index is 12.4. The van der Waals surface area contributed by atoms with Gasteiger partial charge in [-0.25, -0.2) is 13.1 Å². The van der Waals surface area contributed by atoms with Gasteiger partial charge in [0.2, 0.25) is 10.0 Å². The smallest absolute Gasteiger partial charge is 0.243 e. The van der Waals surface area contributed by atoms with E-state index in [4.69, 9.17) is 34.8 Å². The maximum absolute atomic E-state index is 12.4. The van der Waals surface area contributed by atoms with Gasteiger partial charge in [0.1, 0.15) is 4.90 Å². The lowest BCUT2D eigenvalue weighted by atomic mass is 9.81. The van der Waals surface area contributed by atoms with Gasteiger partial charge in [-0.15, -0.1) is 0 Å². The Labute approximate surface area is 140 Å². The molecule has 118 valence electrons. The Kier molecular flexibility index (Phi) is 5.45. The highest BCUT2D eigenvalue weighted by molar-refractivity contribution is 7.89. The molecule has 21 heavy (non-hydrogen) atoms. The van der Waals surface area contributed by atoms with Gasteiger partial charge in [-0.3, -0.25) is 0 Å². The van der Waals surface area contributed by atoms with Crippen molar-refractivity contribution in [3.8, 4) is 0 Å². The number of hydrogen-bond acceptors (Lipinski definition) is 3. The molecule has 0 bridgehead atoms. The molecule has 0 aliphatic carbocycles. The molecule has 0 atom stereocenters. The van der Waals surface area contributed by atoms with E-state index >= 15 is 0 Å². The van der Waals surface area contributed by atoms with Crippen molar-refractivity contribution in [1.82, 2.24) is 10.0 Å². The third-order valence-corrected chi connectivity index (χ3v) is 6.27. The molecule has 0 unspecified atom stereocenters. The van der Waals surface area contributed by atoms with Crippen LogP contribution in [-0.2, 0) is 10.0 Å². The molecular weight excluding hydrogens is 355 g/mol. The number of halogens is 3. The van der Waals surface area contributed by atoms with Gasteiger partial charge in [-0.2, -0.15) is 0 Å². The van der Waals surface area contributed by atoms with Crippen molar-refractivity contribution >= 4 is 44.8 Å². The van der Waals surface area contributed by atoms with Crippen LogP contribution in [0.4, 0.5) is 0 Å². The van der Waals surface area contributed by atoms with Crippen LogP contribution in [0.25, 0.3) is 0 Å². The average molecular weight is 372 g/mol. The Bertz CT molecular complexity index is 605. The summed E-state index contributed by atoms with van der Waals surface area (Å²) in [6, 6.07) is 2.74. The van der Waals surface area contributed by atoms with Gasteiger partial charge < -0.3 is 5.32 Å². The van der Waals surface area contributed by atoms with Gasteiger partial charge in [-0.05, 0) is 43.5 Å². The second-order valence-electron chi connectivity index (χ2n) is 5.58. The summed E-state index contributed by atoms with van der Waals surface area (Å²) in [6.07, 6.45) is 1.83. The van der Waals surface area contributed by atoms with Gasteiger partial charge in [0.05, 0.1) is 10.0 Å². The van der Waals surface area contributed by atoms with Crippen LogP contribution in [0.15, 0.2) is 17.0 Å². The molecule has 1 aromatic rings. The van der Waals surface area contributed by atoms with Crippen molar-refractivity contribution in [2.24, 2.45) is 5.41 Å². The summed E-state index contributed by atoms with van der Waals surface area (Å²) in [4.78, 5) is -0.118. The standard InChI is InChI=1S/C13H17Cl3N2O2S/c1-13(2-4-17-5-3-13)8-18-21(19,20)12-10(15)6-9(14)7-11(12)16/h6-7,17-18H,2-5,8H2,1H3. The molecular formula is C13H17Cl3N2O2S. The minimum Gasteiger partial charge on any atom is -0.317 e. The minimum absolute atomic E-state index is 0.0236. The van der Waals surface area contributed by atoms with Crippen molar-refractivity contribution in [3.63, 3.8) is 0 Å². The monoisotopic (exact) mass is 370 g/mol. The lowest BCUT2D eigenvalue weighted by Gasteiger charge is -2.34. The van der Waals surface area contributed by atoms with Gasteiger partial charge in [0.15, 0.2) is 0 Å². The summed E-state index contributed by atoms with van der Waals surface area (Å²) in [7, 11) is -3.77. The number of piperidine rings is 1. The van der Waals surface area contributed by atoms with E-state index in [-0.39, 0.29) is 20.4 Å². The fraction of sp³-hybridized carbons (Fsp3) is 0.538. The predicted molar refractivity (Wildman–Crippen MR) is 86.9 cm³/mol. The normalized spacial score (nSPS) is 18.7. The highest BCUT2D eigenvalue weighted by atomic mass is 35.5. The summed E-state index contributed by atoms with van der Waals surface area (Å²) in [5.41, 5.74) is -0.0658. The van der Waals surface area contributed by atoms with Crippen LogP contribution in [0, 0.1) is 5.41 Å². The van der Waals surface area contributed by atoms with E-state index in [1.54, 1.807) is 0 Å². The highest BCUT2D eigenvalue weighted by Gasteiger charge is 2.30. The molecule has 1 heterocycles. The maximum Gasteiger partial charge on any atom is 0.243 e. The van der Waals surface area contributed by atoms with Crippen LogP contribution in [0.2, 0.25) is 15.1 Å². The Hall–Kier alpha value is -0.0400. The van der Waals surface area contributed by atoms with E-state index in [2.05, 4.69) is 17.0 Å². The molecule has 8 heteroatoms. The fourth-order valence-electron chi connectivity index (χ4n) is 2.33. The molecule has 0 amide bonds. The largest absolute Gasteiger partial charge is 0.317 e. The Morgan fingerprint density at radius 1 is 1.19 bits per heavy atom. The molecule has 1 aliphatic rings. The minimum atomic E-state index is -3.77. The lowest BCUT2D eigenvalue weighted by Crippen LogP contribution is -2.42. The number of hydrogen-bond donors (Lipinski definition) is 2. The molecule has 4 nitrogen and oxygen atoms in total. The first kappa shape index (κ1) is 17.3. The van der Waals surface area contributed by atoms with Crippen molar-refractivity contribution in [1.29, 1.82) is 0 Å². The number of rotatable bonds is 4. The second-order valence-corrected chi connectivity index (χ2v) is 8.54. The number of sulfonamides is 1. The van der Waals surface area contributed by atoms with Crippen LogP contribution in [-0.4, -0.2) is 28.1 Å². The molecule has 2 rings (SSSR count). The number of benzene rings is 1. The zero-order valence-electron chi connectivity index (χ0n) is 11.5. The van der Waals surface area contributed by atoms with Gasteiger partial charge >= 0.3 is 0 Å². The molecule has 1 aliphatic heterocycles. The third kappa shape index (κ3) is 4.24. The SMILES string of the molecule is CC1(CNS(=O)(=O)c2c(Cl)cc(Cl)cc2Cl)CCNCC1. The summed E-state index contributed by atoms with van der Waals surface area (Å²) in [6.45, 7) is 4.20. The van der Waals surface area contributed by atoms with E-state index in [9.17, 15) is 8.42 Å². The highest BCUT2D eigenvalue weighted by Crippen LogP contribution is 2.33. The zero-order chi connectivity index (χ0) is 15.7. The first-order chi connectivity index (χ1) is 9.73. The van der Waals surface area contributed by atoms with E-state index in [1.807, 2.05) is 0 Å². The van der Waals surface area contributed by atoms with E-state index in [0.717, 1.165) is 25.9 Å². The van der Waals surface area contributed by atoms with Crippen LogP contribution in [0.3, 0.4) is 0 Å².